The lowest BCUT2D eigenvalue weighted by atomic mass is 10.1. The molecule has 7 heteroatoms. The molecule has 1 N–H and O–H groups in total. The largest absolute Gasteiger partial charge is 0.306 e. The molecule has 1 aliphatic heterocycles. The summed E-state index contributed by atoms with van der Waals surface area (Å²) in [5.41, 5.74) is 5.33. The maximum Gasteiger partial charge on any atom is 0.255 e. The van der Waals surface area contributed by atoms with Crippen LogP contribution in [0.1, 0.15) is 16.8 Å². The zero-order valence-corrected chi connectivity index (χ0v) is 18.7. The van der Waals surface area contributed by atoms with Crippen LogP contribution in [0.3, 0.4) is 0 Å². The average Bonchev–Trinajstić information content (AvgIpc) is 2.82. The number of benzene rings is 2. The Balaban J connectivity index is 1.31. The van der Waals surface area contributed by atoms with Gasteiger partial charge < -0.3 is 4.98 Å². The first kappa shape index (κ1) is 20.9. The standard InChI is InChI=1S/C25H20Cl2N4O/c26-20-8-7-18(12-21(20)27)22-9-6-16(13-28-22)14-31-11-10-23-19(15-31)25(32)30-24(29-23)17-4-2-1-3-5-17/h1-9,12-13H,10-11,14-15H2,(H,29,30,32). The summed E-state index contributed by atoms with van der Waals surface area (Å²) in [5.74, 6) is 0.630. The van der Waals surface area contributed by atoms with Gasteiger partial charge in [0, 0.05) is 43.4 Å². The van der Waals surface area contributed by atoms with E-state index < -0.39 is 0 Å². The molecule has 0 atom stereocenters. The molecule has 160 valence electrons. The van der Waals surface area contributed by atoms with E-state index >= 15 is 0 Å². The predicted molar refractivity (Wildman–Crippen MR) is 128 cm³/mol. The zero-order chi connectivity index (χ0) is 22.1. The molecule has 0 spiro atoms. The molecule has 0 amide bonds. The highest BCUT2D eigenvalue weighted by molar-refractivity contribution is 6.42. The Morgan fingerprint density at radius 1 is 0.969 bits per heavy atom. The summed E-state index contributed by atoms with van der Waals surface area (Å²) in [6, 6.07) is 19.3. The van der Waals surface area contributed by atoms with Gasteiger partial charge in [-0.1, -0.05) is 65.7 Å². The van der Waals surface area contributed by atoms with Gasteiger partial charge in [-0.15, -0.1) is 0 Å². The maximum atomic E-state index is 12.8. The van der Waals surface area contributed by atoms with Crippen LogP contribution in [0, 0.1) is 0 Å². The molecule has 1 aliphatic rings. The minimum absolute atomic E-state index is 0.0633. The van der Waals surface area contributed by atoms with Gasteiger partial charge in [0.05, 0.1) is 27.0 Å². The van der Waals surface area contributed by atoms with E-state index in [1.54, 1.807) is 6.07 Å². The van der Waals surface area contributed by atoms with Crippen molar-refractivity contribution in [3.8, 4) is 22.6 Å². The molecule has 0 fully saturated rings. The van der Waals surface area contributed by atoms with Gasteiger partial charge in [0.1, 0.15) is 5.82 Å². The highest BCUT2D eigenvalue weighted by Gasteiger charge is 2.21. The molecular formula is C25H20Cl2N4O. The molecule has 3 heterocycles. The highest BCUT2D eigenvalue weighted by Crippen LogP contribution is 2.28. The number of halogens is 2. The third-order valence-electron chi connectivity index (χ3n) is 5.64. The fraction of sp³-hybridized carbons (Fsp3) is 0.160. The quantitative estimate of drug-likeness (QED) is 0.443. The summed E-state index contributed by atoms with van der Waals surface area (Å²) in [4.78, 5) is 27.3. The minimum atomic E-state index is -0.0633. The number of pyridine rings is 1. The third kappa shape index (κ3) is 4.32. The maximum absolute atomic E-state index is 12.8. The minimum Gasteiger partial charge on any atom is -0.306 e. The summed E-state index contributed by atoms with van der Waals surface area (Å²) >= 11 is 12.1. The molecular weight excluding hydrogens is 443 g/mol. The van der Waals surface area contributed by atoms with Gasteiger partial charge in [-0.05, 0) is 23.8 Å². The monoisotopic (exact) mass is 462 g/mol. The van der Waals surface area contributed by atoms with Crippen molar-refractivity contribution < 1.29 is 0 Å². The van der Waals surface area contributed by atoms with E-state index in [-0.39, 0.29) is 5.56 Å². The Morgan fingerprint density at radius 2 is 1.81 bits per heavy atom. The molecule has 0 unspecified atom stereocenters. The number of aromatic nitrogens is 3. The van der Waals surface area contributed by atoms with Gasteiger partial charge in [0.25, 0.3) is 5.56 Å². The molecule has 0 bridgehead atoms. The fourth-order valence-electron chi connectivity index (χ4n) is 3.95. The van der Waals surface area contributed by atoms with Crippen molar-refractivity contribution in [1.82, 2.24) is 19.9 Å². The topological polar surface area (TPSA) is 61.9 Å². The van der Waals surface area contributed by atoms with Gasteiger partial charge in [0.15, 0.2) is 0 Å². The Labute approximate surface area is 195 Å². The molecule has 4 aromatic rings. The molecule has 2 aromatic carbocycles. The van der Waals surface area contributed by atoms with E-state index in [0.29, 0.717) is 29.0 Å². The van der Waals surface area contributed by atoms with Crippen LogP contribution in [0.2, 0.25) is 10.0 Å². The van der Waals surface area contributed by atoms with Crippen molar-refractivity contribution in [3.63, 3.8) is 0 Å². The van der Waals surface area contributed by atoms with Gasteiger partial charge in [-0.2, -0.15) is 0 Å². The second kappa shape index (κ2) is 8.87. The van der Waals surface area contributed by atoms with Crippen LogP contribution in [0.5, 0.6) is 0 Å². The van der Waals surface area contributed by atoms with Crippen molar-refractivity contribution in [2.24, 2.45) is 0 Å². The number of nitrogens with zero attached hydrogens (tertiary/aromatic N) is 3. The van der Waals surface area contributed by atoms with Crippen LogP contribution in [0.25, 0.3) is 22.6 Å². The van der Waals surface area contributed by atoms with Crippen LogP contribution in [-0.2, 0) is 19.5 Å². The summed E-state index contributed by atoms with van der Waals surface area (Å²) in [6.07, 6.45) is 2.61. The Morgan fingerprint density at radius 3 is 2.56 bits per heavy atom. The molecule has 0 radical (unpaired) electrons. The first-order valence-electron chi connectivity index (χ1n) is 10.4. The van der Waals surface area contributed by atoms with E-state index in [2.05, 4.69) is 20.9 Å². The van der Waals surface area contributed by atoms with Crippen LogP contribution < -0.4 is 5.56 Å². The van der Waals surface area contributed by atoms with Crippen molar-refractivity contribution in [3.05, 3.63) is 104 Å². The Kier molecular flexibility index (Phi) is 5.79. The average molecular weight is 463 g/mol. The summed E-state index contributed by atoms with van der Waals surface area (Å²) in [7, 11) is 0. The van der Waals surface area contributed by atoms with E-state index in [0.717, 1.165) is 46.6 Å². The first-order chi connectivity index (χ1) is 15.6. The van der Waals surface area contributed by atoms with Crippen LogP contribution >= 0.6 is 23.2 Å². The van der Waals surface area contributed by atoms with E-state index in [1.165, 1.54) is 0 Å². The van der Waals surface area contributed by atoms with Gasteiger partial charge in [-0.25, -0.2) is 4.98 Å². The summed E-state index contributed by atoms with van der Waals surface area (Å²) in [5, 5.41) is 1.04. The zero-order valence-electron chi connectivity index (χ0n) is 17.2. The van der Waals surface area contributed by atoms with Crippen molar-refractivity contribution in [1.29, 1.82) is 0 Å². The molecule has 5 nitrogen and oxygen atoms in total. The van der Waals surface area contributed by atoms with Crippen molar-refractivity contribution >= 4 is 23.2 Å². The lowest BCUT2D eigenvalue weighted by Crippen LogP contribution is -2.35. The summed E-state index contributed by atoms with van der Waals surface area (Å²) in [6.45, 7) is 2.13. The predicted octanol–water partition coefficient (Wildman–Crippen LogP) is 5.36. The molecule has 0 saturated heterocycles. The number of hydrogen-bond donors (Lipinski definition) is 1. The number of rotatable bonds is 4. The normalized spacial score (nSPS) is 13.7. The SMILES string of the molecule is O=c1[nH]c(-c2ccccc2)nc2c1CN(Cc1ccc(-c3ccc(Cl)c(Cl)c3)nc1)CC2. The number of nitrogens with one attached hydrogen (secondary N) is 1. The molecule has 5 rings (SSSR count). The lowest BCUT2D eigenvalue weighted by molar-refractivity contribution is 0.241. The van der Waals surface area contributed by atoms with Crippen molar-refractivity contribution in [2.45, 2.75) is 19.5 Å². The second-order valence-corrected chi connectivity index (χ2v) is 8.66. The van der Waals surface area contributed by atoms with Gasteiger partial charge in [0.2, 0.25) is 0 Å². The number of H-pyrrole nitrogens is 1. The van der Waals surface area contributed by atoms with Crippen LogP contribution in [0.4, 0.5) is 0 Å². The molecule has 0 aliphatic carbocycles. The fourth-order valence-corrected chi connectivity index (χ4v) is 4.25. The third-order valence-corrected chi connectivity index (χ3v) is 6.38. The van der Waals surface area contributed by atoms with Gasteiger partial charge >= 0.3 is 0 Å². The highest BCUT2D eigenvalue weighted by atomic mass is 35.5. The van der Waals surface area contributed by atoms with E-state index in [1.807, 2.05) is 54.7 Å². The van der Waals surface area contributed by atoms with Crippen molar-refractivity contribution in [2.75, 3.05) is 6.54 Å². The second-order valence-electron chi connectivity index (χ2n) is 7.85. The number of hydrogen-bond acceptors (Lipinski definition) is 4. The Bertz CT molecular complexity index is 1320. The van der Waals surface area contributed by atoms with E-state index in [9.17, 15) is 4.79 Å². The summed E-state index contributed by atoms with van der Waals surface area (Å²) < 4.78 is 0. The smallest absolute Gasteiger partial charge is 0.255 e. The molecule has 32 heavy (non-hydrogen) atoms. The molecule has 2 aromatic heterocycles. The Hall–Kier alpha value is -2.99. The van der Waals surface area contributed by atoms with Crippen LogP contribution in [0.15, 0.2) is 71.7 Å². The molecule has 0 saturated carbocycles. The van der Waals surface area contributed by atoms with Crippen LogP contribution in [-0.4, -0.2) is 26.4 Å². The number of fused-ring (bicyclic) bond motifs is 1. The first-order valence-corrected chi connectivity index (χ1v) is 11.1. The number of aromatic amines is 1. The lowest BCUT2D eigenvalue weighted by Gasteiger charge is -2.27. The van der Waals surface area contributed by atoms with Gasteiger partial charge in [-0.3, -0.25) is 14.7 Å². The van der Waals surface area contributed by atoms with E-state index in [4.69, 9.17) is 28.2 Å².